The van der Waals surface area contributed by atoms with Crippen LogP contribution in [0.5, 0.6) is 0 Å². The maximum atomic E-state index is 10.2. The van der Waals surface area contributed by atoms with Crippen LogP contribution in [0.1, 0.15) is 11.1 Å². The van der Waals surface area contributed by atoms with Crippen LogP contribution < -0.4 is 4.57 Å². The molecular weight excluding hydrogens is 538 g/mol. The zero-order valence-corrected chi connectivity index (χ0v) is 24.5. The van der Waals surface area contributed by atoms with Crippen LogP contribution in [0.2, 0.25) is 0 Å². The van der Waals surface area contributed by atoms with Gasteiger partial charge in [-0.25, -0.2) is 4.57 Å². The molecule has 8 rings (SSSR count). The Kier molecular flexibility index (Phi) is 5.92. The first-order valence-electron chi connectivity index (χ1n) is 14.7. The van der Waals surface area contributed by atoms with Crippen molar-refractivity contribution in [2.45, 2.75) is 6.92 Å². The van der Waals surface area contributed by atoms with E-state index in [0.717, 1.165) is 77.9 Å². The van der Waals surface area contributed by atoms with E-state index in [1.807, 2.05) is 36.4 Å². The van der Waals surface area contributed by atoms with E-state index in [1.54, 1.807) is 0 Å². The molecule has 0 atom stereocenters. The minimum Gasteiger partial charge on any atom is -0.454 e. The van der Waals surface area contributed by atoms with Gasteiger partial charge in [-0.2, -0.15) is 9.83 Å². The predicted molar refractivity (Wildman–Crippen MR) is 177 cm³/mol. The van der Waals surface area contributed by atoms with E-state index in [-0.39, 0.29) is 0 Å². The van der Waals surface area contributed by atoms with Gasteiger partial charge in [0.25, 0.3) is 5.82 Å². The molecule has 0 amide bonds. The van der Waals surface area contributed by atoms with Gasteiger partial charge in [-0.15, -0.1) is 0 Å². The SMILES string of the molecule is Cc1ccc2c(oc3c(-c4ccc(-c5ccccc5)cc4)c(C#N)ccc32)c1-c1n(-c2ccccc2)c2ccccc2[n+]1C. The zero-order valence-electron chi connectivity index (χ0n) is 24.5. The molecule has 0 fully saturated rings. The third-order valence-electron chi connectivity index (χ3n) is 8.67. The van der Waals surface area contributed by atoms with E-state index in [1.165, 1.54) is 0 Å². The summed E-state index contributed by atoms with van der Waals surface area (Å²) in [6.07, 6.45) is 0. The van der Waals surface area contributed by atoms with E-state index in [0.29, 0.717) is 5.56 Å². The van der Waals surface area contributed by atoms with Gasteiger partial charge in [-0.1, -0.05) is 97.1 Å². The zero-order chi connectivity index (χ0) is 29.8. The van der Waals surface area contributed by atoms with E-state index in [9.17, 15) is 5.26 Å². The average Bonchev–Trinajstić information content (AvgIpc) is 3.60. The molecule has 0 radical (unpaired) electrons. The lowest BCUT2D eigenvalue weighted by atomic mass is 9.95. The van der Waals surface area contributed by atoms with Gasteiger partial charge in [0.1, 0.15) is 16.8 Å². The van der Waals surface area contributed by atoms with Crippen LogP contribution in [0.3, 0.4) is 0 Å². The van der Waals surface area contributed by atoms with Gasteiger partial charge >= 0.3 is 0 Å². The Hall–Kier alpha value is -5.92. The molecule has 0 aliphatic heterocycles. The molecule has 0 saturated carbocycles. The molecule has 4 nitrogen and oxygen atoms in total. The summed E-state index contributed by atoms with van der Waals surface area (Å²) in [5.74, 6) is 1.04. The summed E-state index contributed by atoms with van der Waals surface area (Å²) >= 11 is 0. The highest BCUT2D eigenvalue weighted by molar-refractivity contribution is 6.14. The fraction of sp³-hybridized carbons (Fsp3) is 0.0500. The van der Waals surface area contributed by atoms with E-state index in [4.69, 9.17) is 4.42 Å². The monoisotopic (exact) mass is 566 g/mol. The van der Waals surface area contributed by atoms with Crippen LogP contribution in [0.15, 0.2) is 138 Å². The normalized spacial score (nSPS) is 11.4. The van der Waals surface area contributed by atoms with Crippen molar-refractivity contribution in [1.29, 1.82) is 5.26 Å². The van der Waals surface area contributed by atoms with Crippen molar-refractivity contribution in [1.82, 2.24) is 4.57 Å². The second-order valence-corrected chi connectivity index (χ2v) is 11.2. The summed E-state index contributed by atoms with van der Waals surface area (Å²) < 4.78 is 11.5. The summed E-state index contributed by atoms with van der Waals surface area (Å²) in [6.45, 7) is 2.14. The molecule has 44 heavy (non-hydrogen) atoms. The predicted octanol–water partition coefficient (Wildman–Crippen LogP) is 9.54. The Morgan fingerprint density at radius 1 is 0.614 bits per heavy atom. The summed E-state index contributed by atoms with van der Waals surface area (Å²) in [7, 11) is 2.12. The van der Waals surface area contributed by atoms with Crippen molar-refractivity contribution >= 4 is 33.0 Å². The molecule has 0 aliphatic carbocycles. The van der Waals surface area contributed by atoms with Crippen molar-refractivity contribution in [3.8, 4) is 45.4 Å². The number of benzene rings is 6. The molecule has 0 saturated heterocycles. The number of fused-ring (bicyclic) bond motifs is 4. The van der Waals surface area contributed by atoms with E-state index < -0.39 is 0 Å². The van der Waals surface area contributed by atoms with Crippen LogP contribution in [0.4, 0.5) is 0 Å². The fourth-order valence-corrected chi connectivity index (χ4v) is 6.55. The van der Waals surface area contributed by atoms with Gasteiger partial charge < -0.3 is 4.42 Å². The van der Waals surface area contributed by atoms with Crippen molar-refractivity contribution in [3.05, 3.63) is 145 Å². The van der Waals surface area contributed by atoms with Crippen molar-refractivity contribution < 1.29 is 8.98 Å². The third-order valence-corrected chi connectivity index (χ3v) is 8.67. The Morgan fingerprint density at radius 3 is 1.93 bits per heavy atom. The summed E-state index contributed by atoms with van der Waals surface area (Å²) in [4.78, 5) is 0. The van der Waals surface area contributed by atoms with E-state index in [2.05, 4.69) is 126 Å². The topological polar surface area (TPSA) is 45.7 Å². The lowest BCUT2D eigenvalue weighted by Gasteiger charge is -2.08. The maximum Gasteiger partial charge on any atom is 0.298 e. The molecule has 208 valence electrons. The number of imidazole rings is 1. The Labute approximate surface area is 255 Å². The van der Waals surface area contributed by atoms with Crippen LogP contribution in [-0.4, -0.2) is 4.57 Å². The largest absolute Gasteiger partial charge is 0.454 e. The minimum absolute atomic E-state index is 0.589. The van der Waals surface area contributed by atoms with Crippen LogP contribution in [-0.2, 0) is 7.05 Å². The highest BCUT2D eigenvalue weighted by Gasteiger charge is 2.30. The number of rotatable bonds is 4. The van der Waals surface area contributed by atoms with Gasteiger partial charge in [-0.05, 0) is 65.6 Å². The first-order chi connectivity index (χ1) is 21.6. The summed E-state index contributed by atoms with van der Waals surface area (Å²) in [5.41, 5.74) is 11.7. The smallest absolute Gasteiger partial charge is 0.298 e. The standard InChI is InChI=1S/C40H28N3O/c1-26-17-23-32-33-24-22-30(25-41)37(29-20-18-28(19-21-29)27-11-5-3-6-12-27)39(33)44-38(32)36(26)40-42(2)34-15-9-10-16-35(34)43(40)31-13-7-4-8-14-31/h3-24H,1-2H3/q+1. The number of hydrogen-bond donors (Lipinski definition) is 0. The summed E-state index contributed by atoms with van der Waals surface area (Å²) in [6, 6.07) is 48.3. The van der Waals surface area contributed by atoms with Gasteiger partial charge in [0.05, 0.1) is 18.7 Å². The Bertz CT molecular complexity index is 2390. The molecule has 0 spiro atoms. The van der Waals surface area contributed by atoms with Gasteiger partial charge in [-0.3, -0.25) is 0 Å². The molecule has 2 aromatic heterocycles. The number of hydrogen-bond acceptors (Lipinski definition) is 2. The number of aromatic nitrogens is 2. The summed E-state index contributed by atoms with van der Waals surface area (Å²) in [5, 5.41) is 12.2. The first kappa shape index (κ1) is 25.8. The van der Waals surface area contributed by atoms with Gasteiger partial charge in [0, 0.05) is 16.3 Å². The van der Waals surface area contributed by atoms with Gasteiger partial charge in [0.15, 0.2) is 16.6 Å². The number of aryl methyl sites for hydroxylation is 2. The third kappa shape index (κ3) is 3.87. The maximum absolute atomic E-state index is 10.2. The number of para-hydroxylation sites is 3. The first-order valence-corrected chi connectivity index (χ1v) is 14.7. The molecule has 2 heterocycles. The highest BCUT2D eigenvalue weighted by atomic mass is 16.3. The van der Waals surface area contributed by atoms with Gasteiger partial charge in [0.2, 0.25) is 0 Å². The Morgan fingerprint density at radius 2 is 1.20 bits per heavy atom. The average molecular weight is 567 g/mol. The minimum atomic E-state index is 0.589. The van der Waals surface area contributed by atoms with Crippen molar-refractivity contribution in [2.24, 2.45) is 7.05 Å². The quantitative estimate of drug-likeness (QED) is 0.199. The lowest BCUT2D eigenvalue weighted by Crippen LogP contribution is -2.30. The molecule has 8 aromatic rings. The number of nitrogens with zero attached hydrogens (tertiary/aromatic N) is 3. The molecule has 0 N–H and O–H groups in total. The fourth-order valence-electron chi connectivity index (χ4n) is 6.55. The second-order valence-electron chi connectivity index (χ2n) is 11.2. The van der Waals surface area contributed by atoms with Crippen molar-refractivity contribution in [2.75, 3.05) is 0 Å². The van der Waals surface area contributed by atoms with Crippen LogP contribution >= 0.6 is 0 Å². The molecule has 4 heteroatoms. The van der Waals surface area contributed by atoms with E-state index >= 15 is 0 Å². The second kappa shape index (κ2) is 10.1. The van der Waals surface area contributed by atoms with Crippen LogP contribution in [0.25, 0.3) is 72.3 Å². The highest BCUT2D eigenvalue weighted by Crippen LogP contribution is 2.43. The lowest BCUT2D eigenvalue weighted by molar-refractivity contribution is -0.633. The van der Waals surface area contributed by atoms with Crippen LogP contribution in [0, 0.1) is 18.3 Å². The molecule has 0 aliphatic rings. The van der Waals surface area contributed by atoms with Crippen molar-refractivity contribution in [3.63, 3.8) is 0 Å². The molecular formula is C40H28N3O+. The molecule has 0 bridgehead atoms. The molecule has 6 aromatic carbocycles. The number of furan rings is 1. The molecule has 0 unspecified atom stereocenters. The Balaban J connectivity index is 1.42. The number of nitriles is 1.